The lowest BCUT2D eigenvalue weighted by molar-refractivity contribution is -0.0951. The van der Waals surface area contributed by atoms with Crippen LogP contribution in [0.3, 0.4) is 0 Å². The molecular formula is C18H26O2. The second-order valence-corrected chi connectivity index (χ2v) is 6.14. The molecule has 20 heavy (non-hydrogen) atoms. The molecule has 0 N–H and O–H groups in total. The zero-order chi connectivity index (χ0) is 14.7. The topological polar surface area (TPSA) is 18.5 Å². The van der Waals surface area contributed by atoms with Crippen LogP contribution in [-0.4, -0.2) is 13.2 Å². The fourth-order valence-electron chi connectivity index (χ4n) is 2.95. The SMILES string of the molecule is C=C(C)[C@@H]1CC[C@@H](C(C)C)O[C@H]1c1ccc(OC)cc1. The smallest absolute Gasteiger partial charge is 0.118 e. The molecule has 2 heteroatoms. The Balaban J connectivity index is 2.23. The Labute approximate surface area is 122 Å². The summed E-state index contributed by atoms with van der Waals surface area (Å²) in [6.07, 6.45) is 2.76. The molecule has 1 aliphatic heterocycles. The van der Waals surface area contributed by atoms with Crippen LogP contribution in [0.15, 0.2) is 36.4 Å². The van der Waals surface area contributed by atoms with Gasteiger partial charge in [-0.15, -0.1) is 0 Å². The Morgan fingerprint density at radius 2 is 1.90 bits per heavy atom. The summed E-state index contributed by atoms with van der Waals surface area (Å²) in [5.74, 6) is 1.86. The van der Waals surface area contributed by atoms with Gasteiger partial charge in [-0.05, 0) is 43.4 Å². The number of benzene rings is 1. The van der Waals surface area contributed by atoms with E-state index in [2.05, 4.69) is 39.5 Å². The molecule has 0 bridgehead atoms. The van der Waals surface area contributed by atoms with Crippen molar-refractivity contribution in [3.63, 3.8) is 0 Å². The van der Waals surface area contributed by atoms with Gasteiger partial charge in [0.25, 0.3) is 0 Å². The second kappa shape index (κ2) is 6.45. The normalized spacial score (nSPS) is 26.6. The quantitative estimate of drug-likeness (QED) is 0.737. The lowest BCUT2D eigenvalue weighted by atomic mass is 9.81. The molecule has 110 valence electrons. The van der Waals surface area contributed by atoms with Crippen molar-refractivity contribution >= 4 is 0 Å². The Morgan fingerprint density at radius 1 is 1.25 bits per heavy atom. The summed E-state index contributed by atoms with van der Waals surface area (Å²) in [5, 5.41) is 0. The summed E-state index contributed by atoms with van der Waals surface area (Å²) in [6, 6.07) is 8.24. The molecule has 1 fully saturated rings. The summed E-state index contributed by atoms with van der Waals surface area (Å²) < 4.78 is 11.6. The fraction of sp³-hybridized carbons (Fsp3) is 0.556. The summed E-state index contributed by atoms with van der Waals surface area (Å²) in [5.41, 5.74) is 2.44. The monoisotopic (exact) mass is 274 g/mol. The van der Waals surface area contributed by atoms with Crippen LogP contribution in [0.5, 0.6) is 5.75 Å². The Morgan fingerprint density at radius 3 is 2.40 bits per heavy atom. The van der Waals surface area contributed by atoms with Gasteiger partial charge in [0.2, 0.25) is 0 Å². The third kappa shape index (κ3) is 3.24. The van der Waals surface area contributed by atoms with Crippen LogP contribution in [0.25, 0.3) is 0 Å². The molecular weight excluding hydrogens is 248 g/mol. The van der Waals surface area contributed by atoms with Crippen LogP contribution < -0.4 is 4.74 Å². The van der Waals surface area contributed by atoms with E-state index in [4.69, 9.17) is 9.47 Å². The maximum Gasteiger partial charge on any atom is 0.118 e. The minimum Gasteiger partial charge on any atom is -0.497 e. The van der Waals surface area contributed by atoms with E-state index in [0.29, 0.717) is 17.9 Å². The molecule has 2 rings (SSSR count). The van der Waals surface area contributed by atoms with Crippen molar-refractivity contribution in [1.82, 2.24) is 0 Å². The van der Waals surface area contributed by atoms with Gasteiger partial charge in [0.1, 0.15) is 5.75 Å². The van der Waals surface area contributed by atoms with E-state index in [1.54, 1.807) is 7.11 Å². The predicted octanol–water partition coefficient (Wildman–Crippen LogP) is 4.76. The van der Waals surface area contributed by atoms with Gasteiger partial charge in [0.15, 0.2) is 0 Å². The van der Waals surface area contributed by atoms with E-state index in [1.807, 2.05) is 12.1 Å². The van der Waals surface area contributed by atoms with Gasteiger partial charge >= 0.3 is 0 Å². The lowest BCUT2D eigenvalue weighted by Gasteiger charge is -2.39. The molecule has 0 unspecified atom stereocenters. The van der Waals surface area contributed by atoms with Crippen LogP contribution in [0.1, 0.15) is 45.3 Å². The van der Waals surface area contributed by atoms with Gasteiger partial charge in [-0.25, -0.2) is 0 Å². The minimum absolute atomic E-state index is 0.125. The van der Waals surface area contributed by atoms with Crippen LogP contribution >= 0.6 is 0 Å². The molecule has 0 aromatic heterocycles. The summed E-state index contributed by atoms with van der Waals surface area (Å²) in [7, 11) is 1.69. The maximum atomic E-state index is 6.38. The highest BCUT2D eigenvalue weighted by atomic mass is 16.5. The number of hydrogen-bond acceptors (Lipinski definition) is 2. The van der Waals surface area contributed by atoms with Gasteiger partial charge in [-0.2, -0.15) is 0 Å². The van der Waals surface area contributed by atoms with E-state index in [1.165, 1.54) is 11.1 Å². The first-order chi connectivity index (χ1) is 9.52. The molecule has 1 heterocycles. The predicted molar refractivity (Wildman–Crippen MR) is 83.0 cm³/mol. The molecule has 1 saturated heterocycles. The summed E-state index contributed by atoms with van der Waals surface area (Å²) in [4.78, 5) is 0. The van der Waals surface area contributed by atoms with Crippen LogP contribution in [0.4, 0.5) is 0 Å². The molecule has 0 amide bonds. The molecule has 0 saturated carbocycles. The van der Waals surface area contributed by atoms with E-state index in [9.17, 15) is 0 Å². The Bertz CT molecular complexity index is 447. The molecule has 1 aromatic rings. The van der Waals surface area contributed by atoms with E-state index in [0.717, 1.165) is 18.6 Å². The number of methoxy groups -OCH3 is 1. The van der Waals surface area contributed by atoms with Gasteiger partial charge in [0, 0.05) is 5.92 Å². The zero-order valence-electron chi connectivity index (χ0n) is 13.1. The zero-order valence-corrected chi connectivity index (χ0v) is 13.1. The van der Waals surface area contributed by atoms with E-state index >= 15 is 0 Å². The van der Waals surface area contributed by atoms with Crippen molar-refractivity contribution in [1.29, 1.82) is 0 Å². The second-order valence-electron chi connectivity index (χ2n) is 6.14. The molecule has 0 radical (unpaired) electrons. The molecule has 0 spiro atoms. The van der Waals surface area contributed by atoms with Gasteiger partial charge < -0.3 is 9.47 Å². The van der Waals surface area contributed by atoms with E-state index < -0.39 is 0 Å². The average Bonchev–Trinajstić information content (AvgIpc) is 2.46. The first-order valence-electron chi connectivity index (χ1n) is 7.47. The van der Waals surface area contributed by atoms with Crippen molar-refractivity contribution in [2.45, 2.75) is 45.8 Å². The lowest BCUT2D eigenvalue weighted by Crippen LogP contribution is -2.33. The van der Waals surface area contributed by atoms with Crippen molar-refractivity contribution in [3.8, 4) is 5.75 Å². The van der Waals surface area contributed by atoms with Crippen molar-refractivity contribution in [3.05, 3.63) is 42.0 Å². The van der Waals surface area contributed by atoms with Gasteiger partial charge in [-0.1, -0.05) is 38.1 Å². The summed E-state index contributed by atoms with van der Waals surface area (Å²) in [6.45, 7) is 10.7. The largest absolute Gasteiger partial charge is 0.497 e. The molecule has 2 nitrogen and oxygen atoms in total. The Kier molecular flexibility index (Phi) is 4.87. The fourth-order valence-corrected chi connectivity index (χ4v) is 2.95. The molecule has 1 aliphatic rings. The standard InChI is InChI=1S/C18H26O2/c1-12(2)16-10-11-17(13(3)4)20-18(16)14-6-8-15(19-5)9-7-14/h6-9,13,16-18H,1,10-11H2,2-5H3/t16-,17-,18-/m0/s1. The van der Waals surface area contributed by atoms with Gasteiger partial charge in [-0.3, -0.25) is 0 Å². The first kappa shape index (κ1) is 15.1. The number of ether oxygens (including phenoxy) is 2. The van der Waals surface area contributed by atoms with Gasteiger partial charge in [0.05, 0.1) is 19.3 Å². The Hall–Kier alpha value is -1.28. The van der Waals surface area contributed by atoms with Crippen molar-refractivity contribution in [2.24, 2.45) is 11.8 Å². The third-order valence-corrected chi connectivity index (χ3v) is 4.27. The van der Waals surface area contributed by atoms with Crippen LogP contribution in [0, 0.1) is 11.8 Å². The van der Waals surface area contributed by atoms with Crippen molar-refractivity contribution in [2.75, 3.05) is 7.11 Å². The highest BCUT2D eigenvalue weighted by Gasteiger charge is 2.33. The average molecular weight is 274 g/mol. The van der Waals surface area contributed by atoms with Crippen molar-refractivity contribution < 1.29 is 9.47 Å². The molecule has 1 aromatic carbocycles. The van der Waals surface area contributed by atoms with Crippen LogP contribution in [0.2, 0.25) is 0 Å². The van der Waals surface area contributed by atoms with Crippen LogP contribution in [-0.2, 0) is 4.74 Å². The first-order valence-corrected chi connectivity index (χ1v) is 7.47. The third-order valence-electron chi connectivity index (χ3n) is 4.27. The number of rotatable bonds is 4. The highest BCUT2D eigenvalue weighted by Crippen LogP contribution is 2.41. The molecule has 3 atom stereocenters. The highest BCUT2D eigenvalue weighted by molar-refractivity contribution is 5.30. The summed E-state index contributed by atoms with van der Waals surface area (Å²) >= 11 is 0. The number of hydrogen-bond donors (Lipinski definition) is 0. The minimum atomic E-state index is 0.125. The molecule has 0 aliphatic carbocycles. The van der Waals surface area contributed by atoms with E-state index in [-0.39, 0.29) is 6.10 Å². The maximum absolute atomic E-state index is 6.38.